The van der Waals surface area contributed by atoms with Crippen molar-refractivity contribution in [3.63, 3.8) is 0 Å². The van der Waals surface area contributed by atoms with E-state index in [2.05, 4.69) is 4.98 Å². The van der Waals surface area contributed by atoms with Crippen LogP contribution >= 0.6 is 11.8 Å². The van der Waals surface area contributed by atoms with Crippen LogP contribution in [0.25, 0.3) is 0 Å². The molecule has 1 aromatic heterocycles. The highest BCUT2D eigenvalue weighted by Gasteiger charge is 2.32. The van der Waals surface area contributed by atoms with Crippen molar-refractivity contribution in [1.29, 1.82) is 0 Å². The van der Waals surface area contributed by atoms with E-state index < -0.39 is 12.0 Å². The topological polar surface area (TPSA) is 75.4 Å². The van der Waals surface area contributed by atoms with E-state index >= 15 is 0 Å². The molecule has 2 heterocycles. The highest BCUT2D eigenvalue weighted by molar-refractivity contribution is 7.99. The maximum absolute atomic E-state index is 12.5. The van der Waals surface area contributed by atoms with Gasteiger partial charge in [-0.1, -0.05) is 0 Å². The van der Waals surface area contributed by atoms with E-state index in [0.717, 1.165) is 5.75 Å². The first kappa shape index (κ1) is 14.9. The SMILES string of the molecule is CC(C)(C)n1ccnc(N2CCSCC2C(=O)O)c1=O. The van der Waals surface area contributed by atoms with Gasteiger partial charge >= 0.3 is 5.97 Å². The number of nitrogens with zero attached hydrogens (tertiary/aromatic N) is 3. The van der Waals surface area contributed by atoms with Gasteiger partial charge in [0, 0.05) is 36.0 Å². The third kappa shape index (κ3) is 2.82. The fourth-order valence-electron chi connectivity index (χ4n) is 2.19. The zero-order chi connectivity index (χ0) is 14.9. The monoisotopic (exact) mass is 297 g/mol. The molecule has 0 aliphatic carbocycles. The van der Waals surface area contributed by atoms with Crippen molar-refractivity contribution >= 4 is 23.5 Å². The number of carboxylic acids is 1. The summed E-state index contributed by atoms with van der Waals surface area (Å²) in [5.74, 6) is 0.593. The van der Waals surface area contributed by atoms with Crippen molar-refractivity contribution in [1.82, 2.24) is 9.55 Å². The lowest BCUT2D eigenvalue weighted by Crippen LogP contribution is -2.51. The molecule has 20 heavy (non-hydrogen) atoms. The molecule has 6 nitrogen and oxygen atoms in total. The van der Waals surface area contributed by atoms with Gasteiger partial charge in [-0.3, -0.25) is 4.79 Å². The minimum absolute atomic E-state index is 0.232. The van der Waals surface area contributed by atoms with Gasteiger partial charge in [0.25, 0.3) is 5.56 Å². The predicted octanol–water partition coefficient (Wildman–Crippen LogP) is 1.00. The molecule has 0 amide bonds. The van der Waals surface area contributed by atoms with Crippen LogP contribution in [-0.4, -0.2) is 44.7 Å². The second-order valence-electron chi connectivity index (χ2n) is 5.72. The lowest BCUT2D eigenvalue weighted by atomic mass is 10.1. The number of rotatable bonds is 2. The van der Waals surface area contributed by atoms with Gasteiger partial charge in [-0.25, -0.2) is 9.78 Å². The molecular weight excluding hydrogens is 278 g/mol. The van der Waals surface area contributed by atoms with E-state index in [1.807, 2.05) is 20.8 Å². The Morgan fingerprint density at radius 1 is 1.50 bits per heavy atom. The molecule has 1 atom stereocenters. The Bertz CT molecular complexity index is 565. The van der Waals surface area contributed by atoms with Gasteiger partial charge in [0.1, 0.15) is 6.04 Å². The third-order valence-corrected chi connectivity index (χ3v) is 4.25. The second kappa shape index (κ2) is 5.47. The Kier molecular flexibility index (Phi) is 4.08. The van der Waals surface area contributed by atoms with Crippen LogP contribution in [0, 0.1) is 0 Å². The summed E-state index contributed by atoms with van der Waals surface area (Å²) in [5.41, 5.74) is -0.601. The van der Waals surface area contributed by atoms with Crippen molar-refractivity contribution in [2.24, 2.45) is 0 Å². The van der Waals surface area contributed by atoms with Crippen LogP contribution < -0.4 is 10.5 Å². The highest BCUT2D eigenvalue weighted by atomic mass is 32.2. The highest BCUT2D eigenvalue weighted by Crippen LogP contribution is 2.21. The standard InChI is InChI=1S/C13H19N3O3S/c1-13(2,3)16-5-4-14-10(11(16)17)15-6-7-20-8-9(15)12(18)19/h4-5,9H,6-8H2,1-3H3,(H,18,19). The molecule has 1 fully saturated rings. The van der Waals surface area contributed by atoms with Crippen LogP contribution in [0.3, 0.4) is 0 Å². The first-order valence-electron chi connectivity index (χ1n) is 6.47. The van der Waals surface area contributed by atoms with Crippen LogP contribution in [0.4, 0.5) is 5.82 Å². The Hall–Kier alpha value is -1.50. The van der Waals surface area contributed by atoms with Gasteiger partial charge < -0.3 is 14.6 Å². The number of thioether (sulfide) groups is 1. The van der Waals surface area contributed by atoms with E-state index in [9.17, 15) is 14.7 Å². The van der Waals surface area contributed by atoms with Crippen molar-refractivity contribution in [2.75, 3.05) is 23.0 Å². The Labute approximate surface area is 121 Å². The third-order valence-electron chi connectivity index (χ3n) is 3.23. The van der Waals surface area contributed by atoms with Crippen LogP contribution in [0.1, 0.15) is 20.8 Å². The molecule has 7 heteroatoms. The first-order chi connectivity index (χ1) is 9.32. The van der Waals surface area contributed by atoms with Crippen molar-refractivity contribution < 1.29 is 9.90 Å². The maximum atomic E-state index is 12.5. The minimum atomic E-state index is -0.912. The van der Waals surface area contributed by atoms with Crippen molar-refractivity contribution in [2.45, 2.75) is 32.4 Å². The van der Waals surface area contributed by atoms with Gasteiger partial charge in [0.2, 0.25) is 0 Å². The summed E-state index contributed by atoms with van der Waals surface area (Å²) in [6.45, 7) is 6.31. The van der Waals surface area contributed by atoms with Crippen LogP contribution in [0.2, 0.25) is 0 Å². The number of hydrogen-bond donors (Lipinski definition) is 1. The smallest absolute Gasteiger partial charge is 0.327 e. The van der Waals surface area contributed by atoms with Gasteiger partial charge in [0.15, 0.2) is 5.82 Å². The second-order valence-corrected chi connectivity index (χ2v) is 6.87. The lowest BCUT2D eigenvalue weighted by molar-refractivity contribution is -0.138. The molecule has 110 valence electrons. The van der Waals surface area contributed by atoms with E-state index in [4.69, 9.17) is 0 Å². The summed E-state index contributed by atoms with van der Waals surface area (Å²) in [4.78, 5) is 29.6. The summed E-state index contributed by atoms with van der Waals surface area (Å²) in [6, 6.07) is -0.690. The van der Waals surface area contributed by atoms with Gasteiger partial charge in [-0.05, 0) is 20.8 Å². The molecule has 0 radical (unpaired) electrons. The summed E-state index contributed by atoms with van der Waals surface area (Å²) in [5, 5.41) is 9.30. The molecule has 0 bridgehead atoms. The number of carboxylic acid groups (broad SMARTS) is 1. The number of aliphatic carboxylic acids is 1. The van der Waals surface area contributed by atoms with E-state index in [1.54, 1.807) is 33.6 Å². The van der Waals surface area contributed by atoms with Gasteiger partial charge in [-0.2, -0.15) is 11.8 Å². The minimum Gasteiger partial charge on any atom is -0.480 e. The molecule has 0 spiro atoms. The molecule has 0 aromatic carbocycles. The average molecular weight is 297 g/mol. The molecule has 1 aromatic rings. The first-order valence-corrected chi connectivity index (χ1v) is 7.63. The van der Waals surface area contributed by atoms with Crippen LogP contribution in [-0.2, 0) is 10.3 Å². The summed E-state index contributed by atoms with van der Waals surface area (Å²) >= 11 is 1.59. The summed E-state index contributed by atoms with van der Waals surface area (Å²) in [6.07, 6.45) is 3.20. The van der Waals surface area contributed by atoms with Gasteiger partial charge in [-0.15, -0.1) is 0 Å². The molecular formula is C13H19N3O3S. The number of carbonyl (C=O) groups is 1. The fraction of sp³-hybridized carbons (Fsp3) is 0.615. The molecule has 1 unspecified atom stereocenters. The molecule has 1 aliphatic rings. The maximum Gasteiger partial charge on any atom is 0.327 e. The number of hydrogen-bond acceptors (Lipinski definition) is 5. The Balaban J connectivity index is 2.47. The summed E-state index contributed by atoms with van der Waals surface area (Å²) < 4.78 is 1.59. The largest absolute Gasteiger partial charge is 0.480 e. The molecule has 1 saturated heterocycles. The predicted molar refractivity (Wildman–Crippen MR) is 79.6 cm³/mol. The van der Waals surface area contributed by atoms with E-state index in [1.165, 1.54) is 0 Å². The fourth-order valence-corrected chi connectivity index (χ4v) is 3.23. The van der Waals surface area contributed by atoms with Crippen molar-refractivity contribution in [3.05, 3.63) is 22.7 Å². The van der Waals surface area contributed by atoms with Crippen molar-refractivity contribution in [3.8, 4) is 0 Å². The zero-order valence-corrected chi connectivity index (χ0v) is 12.7. The molecule has 1 aliphatic heterocycles. The number of aromatic nitrogens is 2. The zero-order valence-electron chi connectivity index (χ0n) is 11.9. The molecule has 2 rings (SSSR count). The van der Waals surface area contributed by atoms with Gasteiger partial charge in [0.05, 0.1) is 0 Å². The van der Waals surface area contributed by atoms with Crippen LogP contribution in [0.15, 0.2) is 17.2 Å². The lowest BCUT2D eigenvalue weighted by Gasteiger charge is -2.33. The normalized spacial score (nSPS) is 19.9. The quantitative estimate of drug-likeness (QED) is 0.878. The number of anilines is 1. The Morgan fingerprint density at radius 3 is 2.80 bits per heavy atom. The van der Waals surface area contributed by atoms with Crippen LogP contribution in [0.5, 0.6) is 0 Å². The Morgan fingerprint density at radius 2 is 2.20 bits per heavy atom. The van der Waals surface area contributed by atoms with E-state index in [0.29, 0.717) is 12.3 Å². The van der Waals surface area contributed by atoms with E-state index in [-0.39, 0.29) is 16.9 Å². The molecule has 1 N–H and O–H groups in total. The molecule has 0 saturated carbocycles. The average Bonchev–Trinajstić information content (AvgIpc) is 2.37. The summed E-state index contributed by atoms with van der Waals surface area (Å²) in [7, 11) is 0.